The Morgan fingerprint density at radius 2 is 1.85 bits per heavy atom. The molecule has 7 nitrogen and oxygen atoms in total. The van der Waals surface area contributed by atoms with Crippen LogP contribution in [0.3, 0.4) is 0 Å². The van der Waals surface area contributed by atoms with Crippen LogP contribution in [0.2, 0.25) is 0 Å². The maximum absolute atomic E-state index is 13.6. The van der Waals surface area contributed by atoms with Crippen LogP contribution in [0.15, 0.2) is 48.8 Å². The minimum Gasteiger partial charge on any atom is -0.382 e. The Labute approximate surface area is 197 Å². The molecule has 0 saturated carbocycles. The summed E-state index contributed by atoms with van der Waals surface area (Å²) in [6, 6.07) is 9.96. The molecule has 2 N–H and O–H groups in total. The summed E-state index contributed by atoms with van der Waals surface area (Å²) in [5.41, 5.74) is 11.5. The van der Waals surface area contributed by atoms with Crippen molar-refractivity contribution in [1.82, 2.24) is 24.3 Å². The number of aryl methyl sites for hydroxylation is 2. The average molecular weight is 459 g/mol. The van der Waals surface area contributed by atoms with Crippen molar-refractivity contribution in [2.75, 3.05) is 19.3 Å². The number of nitrogen functional groups attached to an aromatic ring is 1. The highest BCUT2D eigenvalue weighted by atomic mass is 19.1. The van der Waals surface area contributed by atoms with E-state index >= 15 is 0 Å². The molecule has 1 atom stereocenters. The smallest absolute Gasteiger partial charge is 0.150 e. The molecule has 1 aliphatic heterocycles. The van der Waals surface area contributed by atoms with Crippen LogP contribution in [0.1, 0.15) is 30.7 Å². The van der Waals surface area contributed by atoms with Crippen LogP contribution in [0.5, 0.6) is 0 Å². The zero-order valence-electron chi connectivity index (χ0n) is 19.3. The second-order valence-electron chi connectivity index (χ2n) is 8.91. The van der Waals surface area contributed by atoms with Gasteiger partial charge in [0.15, 0.2) is 0 Å². The molecule has 4 aromatic rings. The maximum atomic E-state index is 13.6. The lowest BCUT2D eigenvalue weighted by molar-refractivity contribution is -0.122. The number of carbonyl (C=O) groups is 1. The van der Waals surface area contributed by atoms with E-state index in [1.807, 2.05) is 42.9 Å². The zero-order valence-corrected chi connectivity index (χ0v) is 19.3. The number of halogens is 1. The quantitative estimate of drug-likeness (QED) is 0.468. The minimum absolute atomic E-state index is 0.0289. The topological polar surface area (TPSA) is 89.4 Å². The number of likely N-dealkylation sites (N-methyl/N-ethyl adjacent to an activating group) is 1. The molecule has 174 valence electrons. The van der Waals surface area contributed by atoms with Gasteiger partial charge in [0, 0.05) is 42.1 Å². The summed E-state index contributed by atoms with van der Waals surface area (Å²) in [5.74, 6) is 0.171. The molecule has 0 aliphatic carbocycles. The molecular weight excluding hydrogens is 431 g/mol. The van der Waals surface area contributed by atoms with E-state index in [2.05, 4.69) is 14.9 Å². The number of rotatable bonds is 6. The molecule has 0 unspecified atom stereocenters. The number of aromatic nitrogens is 4. The number of benzene rings is 1. The van der Waals surface area contributed by atoms with Crippen molar-refractivity contribution < 1.29 is 9.18 Å². The number of nitrogens with two attached hydrogens (primary N) is 1. The second kappa shape index (κ2) is 8.95. The summed E-state index contributed by atoms with van der Waals surface area (Å²) >= 11 is 0. The van der Waals surface area contributed by atoms with E-state index in [1.54, 1.807) is 12.1 Å². The van der Waals surface area contributed by atoms with Gasteiger partial charge in [-0.1, -0.05) is 0 Å². The molecule has 1 saturated heterocycles. The van der Waals surface area contributed by atoms with E-state index in [9.17, 15) is 9.18 Å². The summed E-state index contributed by atoms with van der Waals surface area (Å²) in [7, 11) is 1.99. The number of ketones is 1. The van der Waals surface area contributed by atoms with Gasteiger partial charge < -0.3 is 10.1 Å². The summed E-state index contributed by atoms with van der Waals surface area (Å²) in [6.07, 6.45) is 6.50. The molecular formula is C26H27FN6O. The van der Waals surface area contributed by atoms with E-state index in [4.69, 9.17) is 10.7 Å². The number of anilines is 1. The first-order chi connectivity index (χ1) is 16.4. The van der Waals surface area contributed by atoms with E-state index in [1.165, 1.54) is 12.1 Å². The molecule has 1 fully saturated rings. The fraction of sp³-hybridized carbons (Fsp3) is 0.308. The average Bonchev–Trinajstić information content (AvgIpc) is 3.43. The van der Waals surface area contributed by atoms with E-state index < -0.39 is 0 Å². The molecule has 5 rings (SSSR count). The first-order valence-corrected chi connectivity index (χ1v) is 11.5. The number of imidazole rings is 1. The van der Waals surface area contributed by atoms with Gasteiger partial charge in [-0.2, -0.15) is 0 Å². The Morgan fingerprint density at radius 3 is 2.59 bits per heavy atom. The van der Waals surface area contributed by atoms with Gasteiger partial charge in [0.05, 0.1) is 23.1 Å². The van der Waals surface area contributed by atoms with Crippen molar-refractivity contribution in [2.24, 2.45) is 0 Å². The molecule has 0 bridgehead atoms. The molecule has 1 aromatic carbocycles. The van der Waals surface area contributed by atoms with Gasteiger partial charge in [-0.05, 0) is 69.8 Å². The minimum atomic E-state index is -0.325. The summed E-state index contributed by atoms with van der Waals surface area (Å²) < 4.78 is 15.6. The number of hydrogen-bond donors (Lipinski definition) is 1. The number of nitrogens with zero attached hydrogens (tertiary/aromatic N) is 5. The SMILES string of the molecule is Cc1cnc2ccc(-c3nc(CCC(=O)[C@@H]4CCCN4C)c(N)nc3-c3ccc(F)cc3)cn12. The fourth-order valence-corrected chi connectivity index (χ4v) is 4.65. The largest absolute Gasteiger partial charge is 0.382 e. The summed E-state index contributed by atoms with van der Waals surface area (Å²) in [4.78, 5) is 28.9. The zero-order chi connectivity index (χ0) is 23.8. The van der Waals surface area contributed by atoms with Crippen LogP contribution in [-0.2, 0) is 11.2 Å². The number of fused-ring (bicyclic) bond motifs is 1. The summed E-state index contributed by atoms with van der Waals surface area (Å²) in [5, 5.41) is 0. The molecule has 4 heterocycles. The maximum Gasteiger partial charge on any atom is 0.150 e. The van der Waals surface area contributed by atoms with Crippen molar-refractivity contribution >= 4 is 17.2 Å². The van der Waals surface area contributed by atoms with E-state index in [-0.39, 0.29) is 23.5 Å². The Hall–Kier alpha value is -3.65. The van der Waals surface area contributed by atoms with Gasteiger partial charge in [-0.3, -0.25) is 9.69 Å². The van der Waals surface area contributed by atoms with Crippen LogP contribution < -0.4 is 5.73 Å². The van der Waals surface area contributed by atoms with Gasteiger partial charge in [-0.25, -0.2) is 19.3 Å². The first-order valence-electron chi connectivity index (χ1n) is 11.5. The molecule has 1 aliphatic rings. The van der Waals surface area contributed by atoms with Crippen LogP contribution >= 0.6 is 0 Å². The Bertz CT molecular complexity index is 1360. The number of likely N-dealkylation sites (tertiary alicyclic amines) is 1. The van der Waals surface area contributed by atoms with Crippen molar-refractivity contribution in [1.29, 1.82) is 0 Å². The number of pyridine rings is 1. The second-order valence-corrected chi connectivity index (χ2v) is 8.91. The Morgan fingerprint density at radius 1 is 1.12 bits per heavy atom. The van der Waals surface area contributed by atoms with Crippen molar-refractivity contribution in [3.05, 3.63) is 66.0 Å². The van der Waals surface area contributed by atoms with Crippen LogP contribution in [-0.4, -0.2) is 49.7 Å². The molecule has 3 aromatic heterocycles. The molecule has 8 heteroatoms. The van der Waals surface area contributed by atoms with E-state index in [0.29, 0.717) is 35.5 Å². The van der Waals surface area contributed by atoms with Gasteiger partial charge >= 0.3 is 0 Å². The van der Waals surface area contributed by atoms with E-state index in [0.717, 1.165) is 36.3 Å². The van der Waals surface area contributed by atoms with Crippen LogP contribution in [0, 0.1) is 12.7 Å². The highest BCUT2D eigenvalue weighted by Gasteiger charge is 2.27. The van der Waals surface area contributed by atoms with Crippen molar-refractivity contribution in [3.8, 4) is 22.5 Å². The van der Waals surface area contributed by atoms with Gasteiger partial charge in [0.25, 0.3) is 0 Å². The normalized spacial score (nSPS) is 16.4. The Kier molecular flexibility index (Phi) is 5.83. The van der Waals surface area contributed by atoms with Crippen LogP contribution in [0.4, 0.5) is 10.2 Å². The third-order valence-electron chi connectivity index (χ3n) is 6.58. The number of hydrogen-bond acceptors (Lipinski definition) is 6. The third kappa shape index (κ3) is 4.17. The van der Waals surface area contributed by atoms with Gasteiger partial charge in [-0.15, -0.1) is 0 Å². The molecule has 0 amide bonds. The lowest BCUT2D eigenvalue weighted by atomic mass is 10.0. The van der Waals surface area contributed by atoms with Crippen LogP contribution in [0.25, 0.3) is 28.2 Å². The highest BCUT2D eigenvalue weighted by Crippen LogP contribution is 2.32. The monoisotopic (exact) mass is 458 g/mol. The molecule has 0 spiro atoms. The van der Waals surface area contributed by atoms with Crippen molar-refractivity contribution in [2.45, 2.75) is 38.6 Å². The summed E-state index contributed by atoms with van der Waals surface area (Å²) in [6.45, 7) is 2.93. The lowest BCUT2D eigenvalue weighted by Crippen LogP contribution is -2.33. The molecule has 0 radical (unpaired) electrons. The van der Waals surface area contributed by atoms with Gasteiger partial charge in [0.2, 0.25) is 0 Å². The number of carbonyl (C=O) groups excluding carboxylic acids is 1. The Balaban J connectivity index is 1.55. The predicted molar refractivity (Wildman–Crippen MR) is 130 cm³/mol. The standard InChI is InChI=1S/C26H27FN6O/c1-16-14-29-23-12-7-18(15-33(16)23)25-24(17-5-8-19(27)9-6-17)31-26(28)20(30-25)10-11-22(34)21-4-3-13-32(21)2/h5-9,12,14-15,21H,3-4,10-11,13H2,1-2H3,(H2,28,31)/t21-/m0/s1. The molecule has 34 heavy (non-hydrogen) atoms. The first kappa shape index (κ1) is 22.2. The number of Topliss-reactive ketones (excluding diaryl/α,β-unsaturated/α-hetero) is 1. The predicted octanol–water partition coefficient (Wildman–Crippen LogP) is 4.08. The third-order valence-corrected chi connectivity index (χ3v) is 6.58. The fourth-order valence-electron chi connectivity index (χ4n) is 4.65. The van der Waals surface area contributed by atoms with Crippen molar-refractivity contribution in [3.63, 3.8) is 0 Å². The lowest BCUT2D eigenvalue weighted by Gasteiger charge is -2.18. The van der Waals surface area contributed by atoms with Gasteiger partial charge in [0.1, 0.15) is 23.1 Å². The highest BCUT2D eigenvalue weighted by molar-refractivity contribution is 5.85.